The van der Waals surface area contributed by atoms with E-state index in [0.717, 1.165) is 46.7 Å². The fourth-order valence-electron chi connectivity index (χ4n) is 4.68. The van der Waals surface area contributed by atoms with E-state index < -0.39 is 6.04 Å². The average molecular weight is 550 g/mol. The van der Waals surface area contributed by atoms with Gasteiger partial charge in [-0.05, 0) is 67.8 Å². The minimum Gasteiger partial charge on any atom is -0.493 e. The quantitative estimate of drug-likeness (QED) is 0.188. The van der Waals surface area contributed by atoms with Crippen molar-refractivity contribution < 1.29 is 14.3 Å². The molecule has 2 heterocycles. The zero-order valence-electron chi connectivity index (χ0n) is 23.8. The van der Waals surface area contributed by atoms with Gasteiger partial charge in [0.05, 0.1) is 19.3 Å². The molecule has 1 atom stereocenters. The van der Waals surface area contributed by atoms with Crippen LogP contribution in [0, 0.1) is 13.8 Å². The SMILES string of the molecule is CCCCCCOc1ccc(C2C(C(=O)Nc3cccc(C)c3C)=C(C)Nc3nc(SCC)nn32)cc1OC. The molecule has 2 N–H and O–H groups in total. The van der Waals surface area contributed by atoms with Crippen LogP contribution in [0.5, 0.6) is 11.5 Å². The lowest BCUT2D eigenvalue weighted by molar-refractivity contribution is -0.113. The van der Waals surface area contributed by atoms with Gasteiger partial charge in [-0.2, -0.15) is 4.98 Å². The molecule has 1 aliphatic rings. The largest absolute Gasteiger partial charge is 0.493 e. The van der Waals surface area contributed by atoms with E-state index in [1.807, 2.05) is 57.2 Å². The summed E-state index contributed by atoms with van der Waals surface area (Å²) in [5, 5.41) is 11.9. The van der Waals surface area contributed by atoms with Crippen molar-refractivity contribution in [2.24, 2.45) is 0 Å². The molecule has 0 bridgehead atoms. The summed E-state index contributed by atoms with van der Waals surface area (Å²) in [5.74, 6) is 2.57. The first kappa shape index (κ1) is 28.5. The van der Waals surface area contributed by atoms with Gasteiger partial charge in [-0.1, -0.05) is 63.1 Å². The predicted molar refractivity (Wildman–Crippen MR) is 158 cm³/mol. The highest BCUT2D eigenvalue weighted by atomic mass is 32.2. The van der Waals surface area contributed by atoms with Crippen molar-refractivity contribution in [3.8, 4) is 11.5 Å². The summed E-state index contributed by atoms with van der Waals surface area (Å²) < 4.78 is 13.6. The zero-order valence-corrected chi connectivity index (χ0v) is 24.6. The summed E-state index contributed by atoms with van der Waals surface area (Å²) >= 11 is 1.56. The number of aryl methyl sites for hydroxylation is 1. The van der Waals surface area contributed by atoms with Gasteiger partial charge in [0.1, 0.15) is 6.04 Å². The van der Waals surface area contributed by atoms with Crippen LogP contribution in [0.3, 0.4) is 0 Å². The van der Waals surface area contributed by atoms with E-state index in [-0.39, 0.29) is 5.91 Å². The van der Waals surface area contributed by atoms with E-state index in [4.69, 9.17) is 14.6 Å². The molecule has 0 saturated carbocycles. The van der Waals surface area contributed by atoms with E-state index >= 15 is 0 Å². The third-order valence-corrected chi connectivity index (χ3v) is 7.68. The van der Waals surface area contributed by atoms with Gasteiger partial charge in [0, 0.05) is 11.4 Å². The molecule has 3 aromatic rings. The number of hydrogen-bond donors (Lipinski definition) is 2. The van der Waals surface area contributed by atoms with Crippen molar-refractivity contribution in [2.75, 3.05) is 30.1 Å². The number of methoxy groups -OCH3 is 1. The van der Waals surface area contributed by atoms with Crippen LogP contribution in [-0.2, 0) is 4.79 Å². The Balaban J connectivity index is 1.71. The molecule has 9 heteroatoms. The van der Waals surface area contributed by atoms with Crippen LogP contribution in [0.2, 0.25) is 0 Å². The Morgan fingerprint density at radius 3 is 2.67 bits per heavy atom. The Kier molecular flexibility index (Phi) is 9.56. The predicted octanol–water partition coefficient (Wildman–Crippen LogP) is 6.90. The van der Waals surface area contributed by atoms with Crippen molar-refractivity contribution >= 4 is 29.3 Å². The summed E-state index contributed by atoms with van der Waals surface area (Å²) in [6.45, 7) is 10.8. The lowest BCUT2D eigenvalue weighted by atomic mass is 9.94. The molecular formula is C30H39N5O3S. The van der Waals surface area contributed by atoms with Gasteiger partial charge in [0.15, 0.2) is 11.5 Å². The highest BCUT2D eigenvalue weighted by molar-refractivity contribution is 7.99. The maximum Gasteiger partial charge on any atom is 0.255 e. The number of fused-ring (bicyclic) bond motifs is 1. The van der Waals surface area contributed by atoms with Crippen LogP contribution >= 0.6 is 11.8 Å². The number of rotatable bonds is 12. The van der Waals surface area contributed by atoms with Gasteiger partial charge >= 0.3 is 0 Å². The Labute approximate surface area is 235 Å². The van der Waals surface area contributed by atoms with E-state index in [9.17, 15) is 4.79 Å². The number of anilines is 2. The Morgan fingerprint density at radius 1 is 1.10 bits per heavy atom. The molecule has 0 saturated heterocycles. The molecule has 0 aliphatic carbocycles. The molecule has 4 rings (SSSR count). The standard InChI is InChI=1S/C30H39N5O3S/c1-7-9-10-11-17-38-24-16-15-22(18-25(24)37-6)27-26(28(36)32-23-14-12-13-19(3)20(23)4)21(5)31-29-33-30(39-8-2)34-35(27)29/h12-16,18,27H,7-11,17H2,1-6H3,(H,32,36)(H,31,33,34). The van der Waals surface area contributed by atoms with E-state index in [1.165, 1.54) is 12.8 Å². The molecule has 1 unspecified atom stereocenters. The molecule has 208 valence electrons. The number of amides is 1. The molecule has 1 aromatic heterocycles. The number of allylic oxidation sites excluding steroid dienone is 1. The number of thioether (sulfide) groups is 1. The maximum atomic E-state index is 13.9. The molecule has 39 heavy (non-hydrogen) atoms. The number of nitrogens with one attached hydrogen (secondary N) is 2. The Hall–Kier alpha value is -3.46. The second kappa shape index (κ2) is 13.1. The average Bonchev–Trinajstić information content (AvgIpc) is 3.32. The number of nitrogens with zero attached hydrogens (tertiary/aromatic N) is 3. The summed E-state index contributed by atoms with van der Waals surface area (Å²) in [4.78, 5) is 18.6. The van der Waals surface area contributed by atoms with Crippen molar-refractivity contribution in [2.45, 2.75) is 71.5 Å². The van der Waals surface area contributed by atoms with Crippen molar-refractivity contribution in [3.05, 3.63) is 64.4 Å². The molecule has 1 aliphatic heterocycles. The highest BCUT2D eigenvalue weighted by Crippen LogP contribution is 2.40. The topological polar surface area (TPSA) is 90.3 Å². The molecule has 1 amide bonds. The smallest absolute Gasteiger partial charge is 0.255 e. The monoisotopic (exact) mass is 549 g/mol. The van der Waals surface area contributed by atoms with E-state index in [1.54, 1.807) is 23.6 Å². The lowest BCUT2D eigenvalue weighted by Gasteiger charge is -2.29. The fourth-order valence-corrected chi connectivity index (χ4v) is 5.24. The third-order valence-electron chi connectivity index (χ3n) is 6.96. The van der Waals surface area contributed by atoms with Gasteiger partial charge in [-0.25, -0.2) is 4.68 Å². The first-order chi connectivity index (χ1) is 18.9. The molecule has 0 radical (unpaired) electrons. The second-order valence-corrected chi connectivity index (χ2v) is 10.9. The summed E-state index contributed by atoms with van der Waals surface area (Å²) in [6, 6.07) is 11.3. The number of benzene rings is 2. The van der Waals surface area contributed by atoms with E-state index in [0.29, 0.717) is 34.8 Å². The number of carbonyl (C=O) groups is 1. The van der Waals surface area contributed by atoms with Gasteiger partial charge in [-0.3, -0.25) is 4.79 Å². The summed E-state index contributed by atoms with van der Waals surface area (Å²) in [6.07, 6.45) is 4.52. The van der Waals surface area contributed by atoms with Crippen LogP contribution < -0.4 is 20.1 Å². The van der Waals surface area contributed by atoms with Crippen molar-refractivity contribution in [1.29, 1.82) is 0 Å². The minimum absolute atomic E-state index is 0.195. The van der Waals surface area contributed by atoms with Crippen molar-refractivity contribution in [1.82, 2.24) is 14.8 Å². The normalized spacial score (nSPS) is 14.6. The number of ether oxygens (including phenoxy) is 2. The molecule has 0 spiro atoms. The Morgan fingerprint density at radius 2 is 1.92 bits per heavy atom. The number of unbranched alkanes of at least 4 members (excludes halogenated alkanes) is 3. The molecule has 2 aromatic carbocycles. The number of aromatic nitrogens is 3. The van der Waals surface area contributed by atoms with Crippen LogP contribution in [0.4, 0.5) is 11.6 Å². The summed E-state index contributed by atoms with van der Waals surface area (Å²) in [5.41, 5.74) is 5.09. The van der Waals surface area contributed by atoms with E-state index in [2.05, 4.69) is 29.5 Å². The number of carbonyl (C=O) groups excluding carboxylic acids is 1. The molecular weight excluding hydrogens is 510 g/mol. The van der Waals surface area contributed by atoms with Gasteiger partial charge in [-0.15, -0.1) is 5.10 Å². The van der Waals surface area contributed by atoms with Crippen LogP contribution in [0.15, 0.2) is 52.8 Å². The maximum absolute atomic E-state index is 13.9. The van der Waals surface area contributed by atoms with Gasteiger partial charge < -0.3 is 20.1 Å². The molecule has 8 nitrogen and oxygen atoms in total. The van der Waals surface area contributed by atoms with Crippen LogP contribution in [0.1, 0.15) is 69.2 Å². The Bertz CT molecular complexity index is 1350. The second-order valence-electron chi connectivity index (χ2n) is 9.68. The highest BCUT2D eigenvalue weighted by Gasteiger charge is 2.35. The van der Waals surface area contributed by atoms with Gasteiger partial charge in [0.2, 0.25) is 11.1 Å². The van der Waals surface area contributed by atoms with Gasteiger partial charge in [0.25, 0.3) is 5.91 Å². The van der Waals surface area contributed by atoms with Crippen molar-refractivity contribution in [3.63, 3.8) is 0 Å². The summed E-state index contributed by atoms with van der Waals surface area (Å²) in [7, 11) is 1.64. The van der Waals surface area contributed by atoms with Crippen LogP contribution in [0.25, 0.3) is 0 Å². The molecule has 0 fully saturated rings. The number of hydrogen-bond acceptors (Lipinski definition) is 7. The zero-order chi connectivity index (χ0) is 27.9. The fraction of sp³-hybridized carbons (Fsp3) is 0.433. The first-order valence-corrected chi connectivity index (χ1v) is 14.6. The lowest BCUT2D eigenvalue weighted by Crippen LogP contribution is -2.31. The third kappa shape index (κ3) is 6.41. The minimum atomic E-state index is -0.502. The first-order valence-electron chi connectivity index (χ1n) is 13.6. The van der Waals surface area contributed by atoms with Crippen LogP contribution in [-0.4, -0.2) is 40.1 Å².